The van der Waals surface area contributed by atoms with Gasteiger partial charge in [-0.3, -0.25) is 4.39 Å². The van der Waals surface area contributed by atoms with Crippen molar-refractivity contribution in [2.75, 3.05) is 13.3 Å². The molecule has 0 atom stereocenters. The van der Waals surface area contributed by atoms with Gasteiger partial charge in [0, 0.05) is 12.5 Å². The van der Waals surface area contributed by atoms with Gasteiger partial charge in [-0.25, -0.2) is 4.79 Å². The molecule has 0 aliphatic heterocycles. The average molecular weight is 252 g/mol. The number of carboxylic acids is 1. The van der Waals surface area contributed by atoms with Gasteiger partial charge in [0.2, 0.25) is 0 Å². The standard InChI is InChI=1S/C14H17FO3/c1-10-8-12(4-5-13(16)17)9-11(2)14(10)18-7-3-6-15/h4-5,8-9H,3,6-7H2,1-2H3,(H,16,17)/b5-4+. The molecule has 0 spiro atoms. The Labute approximate surface area is 106 Å². The third kappa shape index (κ3) is 4.20. The van der Waals surface area contributed by atoms with Crippen LogP contribution in [-0.4, -0.2) is 24.4 Å². The zero-order chi connectivity index (χ0) is 13.5. The summed E-state index contributed by atoms with van der Waals surface area (Å²) >= 11 is 0. The first-order valence-electron chi connectivity index (χ1n) is 5.75. The van der Waals surface area contributed by atoms with Crippen LogP contribution in [0.4, 0.5) is 4.39 Å². The summed E-state index contributed by atoms with van der Waals surface area (Å²) in [6, 6.07) is 3.69. The second-order valence-electron chi connectivity index (χ2n) is 4.05. The summed E-state index contributed by atoms with van der Waals surface area (Å²) in [5.74, 6) is -0.232. The molecule has 0 amide bonds. The lowest BCUT2D eigenvalue weighted by atomic mass is 10.1. The molecule has 0 saturated carbocycles. The first-order valence-corrected chi connectivity index (χ1v) is 5.75. The largest absolute Gasteiger partial charge is 0.493 e. The zero-order valence-corrected chi connectivity index (χ0v) is 10.6. The highest BCUT2D eigenvalue weighted by Crippen LogP contribution is 2.25. The van der Waals surface area contributed by atoms with E-state index in [0.717, 1.165) is 28.5 Å². The predicted molar refractivity (Wildman–Crippen MR) is 68.7 cm³/mol. The number of hydrogen-bond acceptors (Lipinski definition) is 2. The van der Waals surface area contributed by atoms with E-state index >= 15 is 0 Å². The lowest BCUT2D eigenvalue weighted by molar-refractivity contribution is -0.131. The van der Waals surface area contributed by atoms with E-state index in [4.69, 9.17) is 9.84 Å². The molecule has 4 heteroatoms. The zero-order valence-electron chi connectivity index (χ0n) is 10.6. The van der Waals surface area contributed by atoms with Crippen LogP contribution in [0, 0.1) is 13.8 Å². The second-order valence-corrected chi connectivity index (χ2v) is 4.05. The predicted octanol–water partition coefficient (Wildman–Crippen LogP) is 3.14. The van der Waals surface area contributed by atoms with Crippen molar-refractivity contribution in [1.29, 1.82) is 0 Å². The van der Waals surface area contributed by atoms with E-state index in [9.17, 15) is 9.18 Å². The van der Waals surface area contributed by atoms with Gasteiger partial charge >= 0.3 is 5.97 Å². The highest BCUT2D eigenvalue weighted by Gasteiger charge is 2.05. The third-order valence-corrected chi connectivity index (χ3v) is 2.43. The van der Waals surface area contributed by atoms with Crippen molar-refractivity contribution in [3.05, 3.63) is 34.9 Å². The Morgan fingerprint density at radius 2 is 2.00 bits per heavy atom. The van der Waals surface area contributed by atoms with Gasteiger partial charge in [-0.2, -0.15) is 0 Å². The smallest absolute Gasteiger partial charge is 0.328 e. The maximum atomic E-state index is 12.0. The lowest BCUT2D eigenvalue weighted by Gasteiger charge is -2.12. The van der Waals surface area contributed by atoms with Gasteiger partial charge in [0.1, 0.15) is 5.75 Å². The van der Waals surface area contributed by atoms with Crippen LogP contribution >= 0.6 is 0 Å². The Kier molecular flexibility index (Phi) is 5.36. The molecule has 0 aliphatic carbocycles. The van der Waals surface area contributed by atoms with E-state index in [1.807, 2.05) is 26.0 Å². The molecule has 0 fully saturated rings. The molecule has 0 heterocycles. The number of alkyl halides is 1. The maximum Gasteiger partial charge on any atom is 0.328 e. The molecule has 3 nitrogen and oxygen atoms in total. The van der Waals surface area contributed by atoms with Crippen molar-refractivity contribution >= 4 is 12.0 Å². The fourth-order valence-electron chi connectivity index (χ4n) is 1.70. The van der Waals surface area contributed by atoms with Crippen LogP contribution in [0.3, 0.4) is 0 Å². The van der Waals surface area contributed by atoms with Gasteiger partial charge in [0.15, 0.2) is 0 Å². The Morgan fingerprint density at radius 1 is 1.39 bits per heavy atom. The third-order valence-electron chi connectivity index (χ3n) is 2.43. The maximum absolute atomic E-state index is 12.0. The molecule has 1 aromatic rings. The summed E-state index contributed by atoms with van der Waals surface area (Å²) in [7, 11) is 0. The fraction of sp³-hybridized carbons (Fsp3) is 0.357. The van der Waals surface area contributed by atoms with Gasteiger partial charge in [0.25, 0.3) is 0 Å². The Balaban J connectivity index is 2.87. The van der Waals surface area contributed by atoms with E-state index in [1.54, 1.807) is 0 Å². The molecular formula is C14H17FO3. The molecule has 0 aromatic heterocycles. The van der Waals surface area contributed by atoms with E-state index in [1.165, 1.54) is 6.08 Å². The minimum absolute atomic E-state index is 0.350. The molecule has 1 aromatic carbocycles. The number of carboxylic acid groups (broad SMARTS) is 1. The Hall–Kier alpha value is -1.84. The molecule has 0 unspecified atom stereocenters. The van der Waals surface area contributed by atoms with Crippen LogP contribution in [0.2, 0.25) is 0 Å². The molecule has 1 N–H and O–H groups in total. The van der Waals surface area contributed by atoms with Crippen LogP contribution in [0.1, 0.15) is 23.1 Å². The molecule has 0 bridgehead atoms. The summed E-state index contributed by atoms with van der Waals surface area (Å²) in [4.78, 5) is 10.4. The molecular weight excluding hydrogens is 235 g/mol. The van der Waals surface area contributed by atoms with Crippen molar-refractivity contribution in [2.24, 2.45) is 0 Å². The highest BCUT2D eigenvalue weighted by atomic mass is 19.1. The van der Waals surface area contributed by atoms with Gasteiger partial charge in [-0.15, -0.1) is 0 Å². The number of benzene rings is 1. The summed E-state index contributed by atoms with van der Waals surface area (Å²) in [5, 5.41) is 8.56. The van der Waals surface area contributed by atoms with Crippen molar-refractivity contribution in [2.45, 2.75) is 20.3 Å². The van der Waals surface area contributed by atoms with Crippen LogP contribution in [0.15, 0.2) is 18.2 Å². The molecule has 1 rings (SSSR count). The molecule has 0 saturated heterocycles. The van der Waals surface area contributed by atoms with E-state index in [-0.39, 0.29) is 0 Å². The van der Waals surface area contributed by atoms with Gasteiger partial charge in [-0.05, 0) is 48.7 Å². The van der Waals surface area contributed by atoms with E-state index < -0.39 is 12.6 Å². The number of hydrogen-bond donors (Lipinski definition) is 1. The number of aryl methyl sites for hydroxylation is 2. The molecule has 18 heavy (non-hydrogen) atoms. The van der Waals surface area contributed by atoms with E-state index in [2.05, 4.69) is 0 Å². The van der Waals surface area contributed by atoms with Crippen LogP contribution in [0.5, 0.6) is 5.75 Å². The average Bonchev–Trinajstić information content (AvgIpc) is 2.30. The fourth-order valence-corrected chi connectivity index (χ4v) is 1.70. The van der Waals surface area contributed by atoms with Gasteiger partial charge in [0.05, 0.1) is 13.3 Å². The summed E-state index contributed by atoms with van der Waals surface area (Å²) in [6.45, 7) is 3.73. The number of aliphatic carboxylic acids is 1. The van der Waals surface area contributed by atoms with Gasteiger partial charge < -0.3 is 9.84 Å². The van der Waals surface area contributed by atoms with Crippen LogP contribution < -0.4 is 4.74 Å². The molecule has 0 radical (unpaired) electrons. The summed E-state index contributed by atoms with van der Waals surface area (Å²) < 4.78 is 17.5. The number of halogens is 1. The van der Waals surface area contributed by atoms with Crippen molar-refractivity contribution in [3.63, 3.8) is 0 Å². The first-order chi connectivity index (χ1) is 8.54. The number of rotatable bonds is 6. The van der Waals surface area contributed by atoms with Crippen LogP contribution in [0.25, 0.3) is 6.08 Å². The lowest BCUT2D eigenvalue weighted by Crippen LogP contribution is -2.01. The number of ether oxygens (including phenoxy) is 1. The Bertz CT molecular complexity index is 429. The normalized spacial score (nSPS) is 10.8. The van der Waals surface area contributed by atoms with Crippen LogP contribution in [-0.2, 0) is 4.79 Å². The molecule has 0 aliphatic rings. The SMILES string of the molecule is Cc1cc(/C=C/C(=O)O)cc(C)c1OCCCF. The topological polar surface area (TPSA) is 46.5 Å². The van der Waals surface area contributed by atoms with E-state index in [0.29, 0.717) is 13.0 Å². The summed E-state index contributed by atoms with van der Waals surface area (Å²) in [5.41, 5.74) is 2.64. The quantitative estimate of drug-likeness (QED) is 0.625. The second kappa shape index (κ2) is 6.79. The number of carbonyl (C=O) groups is 1. The van der Waals surface area contributed by atoms with Crippen molar-refractivity contribution < 1.29 is 19.0 Å². The summed E-state index contributed by atoms with van der Waals surface area (Å²) in [6.07, 6.45) is 3.01. The minimum Gasteiger partial charge on any atom is -0.493 e. The van der Waals surface area contributed by atoms with Crippen molar-refractivity contribution in [1.82, 2.24) is 0 Å². The first kappa shape index (κ1) is 14.2. The van der Waals surface area contributed by atoms with Crippen molar-refractivity contribution in [3.8, 4) is 5.75 Å². The highest BCUT2D eigenvalue weighted by molar-refractivity contribution is 5.85. The molecule has 98 valence electrons. The monoisotopic (exact) mass is 252 g/mol. The minimum atomic E-state index is -0.978. The van der Waals surface area contributed by atoms with Gasteiger partial charge in [-0.1, -0.05) is 0 Å². The Morgan fingerprint density at radius 3 is 2.50 bits per heavy atom.